The largest absolute Gasteiger partial charge is 0.396 e. The van der Waals surface area contributed by atoms with Gasteiger partial charge < -0.3 is 10.4 Å². The topological polar surface area (TPSA) is 32.3 Å². The lowest BCUT2D eigenvalue weighted by atomic mass is 9.92. The van der Waals surface area contributed by atoms with Crippen molar-refractivity contribution in [1.82, 2.24) is 5.32 Å². The van der Waals surface area contributed by atoms with Crippen molar-refractivity contribution >= 4 is 0 Å². The Morgan fingerprint density at radius 3 is 2.50 bits per heavy atom. The average Bonchev–Trinajstić information content (AvgIpc) is 2.38. The Balaban J connectivity index is 2.54. The van der Waals surface area contributed by atoms with Crippen LogP contribution in [0.25, 0.3) is 0 Å². The van der Waals surface area contributed by atoms with Crippen molar-refractivity contribution in [2.45, 2.75) is 12.6 Å². The van der Waals surface area contributed by atoms with Crippen LogP contribution < -0.4 is 5.32 Å². The summed E-state index contributed by atoms with van der Waals surface area (Å²) in [5, 5.41) is 11.4. The van der Waals surface area contributed by atoms with E-state index in [0.717, 1.165) is 0 Å². The highest BCUT2D eigenvalue weighted by molar-refractivity contribution is 4.81. The van der Waals surface area contributed by atoms with E-state index in [0.29, 0.717) is 19.5 Å². The van der Waals surface area contributed by atoms with Crippen molar-refractivity contribution in [2.75, 3.05) is 19.7 Å². The standard InChI is InChI=1S/C7H12F3NO/c8-7(9,10)6(4-12)5-1-2-11-3-5/h5-6,11-12H,1-4H2. The Bertz CT molecular complexity index is 142. The van der Waals surface area contributed by atoms with Crippen LogP contribution in [0.3, 0.4) is 0 Å². The number of aliphatic hydroxyl groups excluding tert-OH is 1. The summed E-state index contributed by atoms with van der Waals surface area (Å²) in [7, 11) is 0. The third kappa shape index (κ3) is 2.10. The molecule has 0 spiro atoms. The molecule has 0 aromatic rings. The van der Waals surface area contributed by atoms with Crippen LogP contribution in [0.2, 0.25) is 0 Å². The fraction of sp³-hybridized carbons (Fsp3) is 1.00. The highest BCUT2D eigenvalue weighted by atomic mass is 19.4. The van der Waals surface area contributed by atoms with Crippen LogP contribution in [-0.4, -0.2) is 31.0 Å². The predicted octanol–water partition coefficient (Wildman–Crippen LogP) is 0.767. The van der Waals surface area contributed by atoms with E-state index in [2.05, 4.69) is 5.32 Å². The van der Waals surface area contributed by atoms with Gasteiger partial charge in [-0.3, -0.25) is 0 Å². The van der Waals surface area contributed by atoms with Gasteiger partial charge in [-0.05, 0) is 25.4 Å². The molecule has 0 saturated carbocycles. The molecule has 72 valence electrons. The van der Waals surface area contributed by atoms with E-state index in [1.807, 2.05) is 0 Å². The Morgan fingerprint density at radius 2 is 2.17 bits per heavy atom. The normalized spacial score (nSPS) is 27.5. The first-order valence-electron chi connectivity index (χ1n) is 3.94. The Labute approximate surface area is 68.8 Å². The van der Waals surface area contributed by atoms with Gasteiger partial charge in [0.2, 0.25) is 0 Å². The van der Waals surface area contributed by atoms with E-state index in [1.54, 1.807) is 0 Å². The molecule has 12 heavy (non-hydrogen) atoms. The molecule has 0 radical (unpaired) electrons. The molecule has 1 saturated heterocycles. The molecule has 1 aliphatic heterocycles. The smallest absolute Gasteiger partial charge is 0.394 e. The van der Waals surface area contributed by atoms with Crippen molar-refractivity contribution < 1.29 is 18.3 Å². The molecule has 2 atom stereocenters. The van der Waals surface area contributed by atoms with Gasteiger partial charge in [0.15, 0.2) is 0 Å². The van der Waals surface area contributed by atoms with Gasteiger partial charge in [-0.15, -0.1) is 0 Å². The third-order valence-corrected chi connectivity index (χ3v) is 2.28. The van der Waals surface area contributed by atoms with Crippen LogP contribution in [0.1, 0.15) is 6.42 Å². The maximum atomic E-state index is 12.2. The number of rotatable bonds is 2. The van der Waals surface area contributed by atoms with Crippen molar-refractivity contribution in [3.05, 3.63) is 0 Å². The van der Waals surface area contributed by atoms with Crippen molar-refractivity contribution in [3.8, 4) is 0 Å². The summed E-state index contributed by atoms with van der Waals surface area (Å²) in [5.74, 6) is -2.00. The van der Waals surface area contributed by atoms with Crippen LogP contribution >= 0.6 is 0 Å². The van der Waals surface area contributed by atoms with E-state index in [9.17, 15) is 13.2 Å². The summed E-state index contributed by atoms with van der Waals surface area (Å²) in [5.41, 5.74) is 0. The summed E-state index contributed by atoms with van der Waals surface area (Å²) in [6, 6.07) is 0. The SMILES string of the molecule is OCC(C1CCNC1)C(F)(F)F. The minimum Gasteiger partial charge on any atom is -0.396 e. The van der Waals surface area contributed by atoms with Crippen LogP contribution in [-0.2, 0) is 0 Å². The lowest BCUT2D eigenvalue weighted by Gasteiger charge is -2.23. The van der Waals surface area contributed by atoms with Crippen LogP contribution in [0.5, 0.6) is 0 Å². The molecule has 5 heteroatoms. The molecule has 2 nitrogen and oxygen atoms in total. The van der Waals surface area contributed by atoms with Gasteiger partial charge in [0.25, 0.3) is 0 Å². The molecular weight excluding hydrogens is 171 g/mol. The van der Waals surface area contributed by atoms with Crippen LogP contribution in [0.4, 0.5) is 13.2 Å². The lowest BCUT2D eigenvalue weighted by Crippen LogP contribution is -2.34. The minimum atomic E-state index is -4.26. The monoisotopic (exact) mass is 183 g/mol. The number of alkyl halides is 3. The van der Waals surface area contributed by atoms with E-state index in [1.165, 1.54) is 0 Å². The quantitative estimate of drug-likeness (QED) is 0.662. The molecule has 1 heterocycles. The van der Waals surface area contributed by atoms with Crippen molar-refractivity contribution in [2.24, 2.45) is 11.8 Å². The molecule has 1 fully saturated rings. The van der Waals surface area contributed by atoms with Gasteiger partial charge >= 0.3 is 6.18 Å². The molecule has 0 aliphatic carbocycles. The fourth-order valence-electron chi connectivity index (χ4n) is 1.54. The molecule has 2 unspecified atom stereocenters. The Kier molecular flexibility index (Phi) is 2.95. The van der Waals surface area contributed by atoms with Gasteiger partial charge in [0, 0.05) is 0 Å². The summed E-state index contributed by atoms with van der Waals surface area (Å²) < 4.78 is 36.6. The maximum absolute atomic E-state index is 12.2. The fourth-order valence-corrected chi connectivity index (χ4v) is 1.54. The highest BCUT2D eigenvalue weighted by Gasteiger charge is 2.44. The molecule has 2 N–H and O–H groups in total. The first-order chi connectivity index (χ1) is 5.55. The first kappa shape index (κ1) is 9.80. The van der Waals surface area contributed by atoms with Gasteiger partial charge in [0.05, 0.1) is 12.5 Å². The Morgan fingerprint density at radius 1 is 1.50 bits per heavy atom. The number of halogens is 3. The van der Waals surface area contributed by atoms with Crippen LogP contribution in [0.15, 0.2) is 0 Å². The number of nitrogens with one attached hydrogen (secondary N) is 1. The lowest BCUT2D eigenvalue weighted by molar-refractivity contribution is -0.196. The van der Waals surface area contributed by atoms with Crippen LogP contribution in [0, 0.1) is 11.8 Å². The molecule has 1 rings (SSSR count). The van der Waals surface area contributed by atoms with Gasteiger partial charge in [0.1, 0.15) is 0 Å². The van der Waals surface area contributed by atoms with E-state index >= 15 is 0 Å². The van der Waals surface area contributed by atoms with E-state index < -0.39 is 24.6 Å². The number of hydrogen-bond acceptors (Lipinski definition) is 2. The molecule has 0 bridgehead atoms. The summed E-state index contributed by atoms with van der Waals surface area (Å²) in [6.07, 6.45) is -3.75. The molecule has 0 aromatic carbocycles. The summed E-state index contributed by atoms with van der Waals surface area (Å²) in [4.78, 5) is 0. The van der Waals surface area contributed by atoms with E-state index in [-0.39, 0.29) is 0 Å². The van der Waals surface area contributed by atoms with Crippen molar-refractivity contribution in [3.63, 3.8) is 0 Å². The zero-order valence-electron chi connectivity index (χ0n) is 6.56. The Hall–Kier alpha value is -0.290. The number of aliphatic hydroxyl groups is 1. The molecule has 0 aromatic heterocycles. The maximum Gasteiger partial charge on any atom is 0.394 e. The molecule has 1 aliphatic rings. The second-order valence-corrected chi connectivity index (χ2v) is 3.08. The second-order valence-electron chi connectivity index (χ2n) is 3.08. The molecular formula is C7H12F3NO. The third-order valence-electron chi connectivity index (χ3n) is 2.28. The van der Waals surface area contributed by atoms with Gasteiger partial charge in [-0.2, -0.15) is 13.2 Å². The second kappa shape index (κ2) is 3.62. The predicted molar refractivity (Wildman–Crippen MR) is 37.6 cm³/mol. The zero-order chi connectivity index (χ0) is 9.19. The average molecular weight is 183 g/mol. The number of hydrogen-bond donors (Lipinski definition) is 2. The molecule has 0 amide bonds. The van der Waals surface area contributed by atoms with Crippen molar-refractivity contribution in [1.29, 1.82) is 0 Å². The van der Waals surface area contributed by atoms with Gasteiger partial charge in [-0.25, -0.2) is 0 Å². The first-order valence-corrected chi connectivity index (χ1v) is 3.94. The summed E-state index contributed by atoms with van der Waals surface area (Å²) in [6.45, 7) is 0.192. The summed E-state index contributed by atoms with van der Waals surface area (Å²) >= 11 is 0. The minimum absolute atomic E-state index is 0.366. The zero-order valence-corrected chi connectivity index (χ0v) is 6.56. The van der Waals surface area contributed by atoms with E-state index in [4.69, 9.17) is 5.11 Å². The van der Waals surface area contributed by atoms with Gasteiger partial charge in [-0.1, -0.05) is 0 Å². The highest BCUT2D eigenvalue weighted by Crippen LogP contribution is 2.34.